The van der Waals surface area contributed by atoms with E-state index in [-0.39, 0.29) is 5.96 Å². The van der Waals surface area contributed by atoms with Crippen molar-refractivity contribution in [3.8, 4) is 11.5 Å². The summed E-state index contributed by atoms with van der Waals surface area (Å²) < 4.78 is 12.4. The van der Waals surface area contributed by atoms with Crippen molar-refractivity contribution < 1.29 is 9.47 Å². The van der Waals surface area contributed by atoms with Crippen molar-refractivity contribution in [1.29, 1.82) is 5.41 Å². The Bertz CT molecular complexity index is 665. The van der Waals surface area contributed by atoms with Crippen molar-refractivity contribution in [2.45, 2.75) is 13.0 Å². The SMILES string of the molecule is CN(Cc1cc(OCCCOc2ccccc2)ccc1Br)C(=N)N. The van der Waals surface area contributed by atoms with E-state index in [0.29, 0.717) is 19.8 Å². The maximum Gasteiger partial charge on any atom is 0.188 e. The number of guanidine groups is 1. The highest BCUT2D eigenvalue weighted by Crippen LogP contribution is 2.24. The highest BCUT2D eigenvalue weighted by Gasteiger charge is 2.07. The minimum absolute atomic E-state index is 0.0336. The van der Waals surface area contributed by atoms with E-state index >= 15 is 0 Å². The molecule has 0 aliphatic carbocycles. The smallest absolute Gasteiger partial charge is 0.188 e. The van der Waals surface area contributed by atoms with Gasteiger partial charge < -0.3 is 20.1 Å². The molecule has 2 aromatic carbocycles. The van der Waals surface area contributed by atoms with E-state index in [4.69, 9.17) is 20.6 Å². The quantitative estimate of drug-likeness (QED) is 0.409. The van der Waals surface area contributed by atoms with Crippen LogP contribution in [0.1, 0.15) is 12.0 Å². The van der Waals surface area contributed by atoms with Crippen LogP contribution in [-0.2, 0) is 6.54 Å². The predicted octanol–water partition coefficient (Wildman–Crippen LogP) is 3.62. The van der Waals surface area contributed by atoms with Crippen LogP contribution in [0, 0.1) is 5.41 Å². The molecule has 2 aromatic rings. The summed E-state index contributed by atoms with van der Waals surface area (Å²) in [4.78, 5) is 1.66. The van der Waals surface area contributed by atoms with Gasteiger partial charge in [0.1, 0.15) is 11.5 Å². The molecule has 24 heavy (non-hydrogen) atoms. The molecule has 0 aliphatic heterocycles. The highest BCUT2D eigenvalue weighted by molar-refractivity contribution is 9.10. The summed E-state index contributed by atoms with van der Waals surface area (Å²) in [6.45, 7) is 1.74. The zero-order valence-corrected chi connectivity index (χ0v) is 15.3. The van der Waals surface area contributed by atoms with Gasteiger partial charge in [-0.2, -0.15) is 0 Å². The third-order valence-corrected chi connectivity index (χ3v) is 4.18. The first-order valence-electron chi connectivity index (χ1n) is 7.70. The van der Waals surface area contributed by atoms with Crippen LogP contribution in [0.15, 0.2) is 53.0 Å². The van der Waals surface area contributed by atoms with Crippen molar-refractivity contribution in [2.24, 2.45) is 5.73 Å². The minimum Gasteiger partial charge on any atom is -0.493 e. The Morgan fingerprint density at radius 3 is 2.42 bits per heavy atom. The molecule has 0 atom stereocenters. The number of nitrogens with zero attached hydrogens (tertiary/aromatic N) is 1. The third-order valence-electron chi connectivity index (χ3n) is 3.41. The molecule has 0 heterocycles. The van der Waals surface area contributed by atoms with Crippen LogP contribution in [0.2, 0.25) is 0 Å². The van der Waals surface area contributed by atoms with Gasteiger partial charge in [-0.25, -0.2) is 0 Å². The van der Waals surface area contributed by atoms with Gasteiger partial charge in [0, 0.05) is 24.5 Å². The lowest BCUT2D eigenvalue weighted by Gasteiger charge is -2.18. The zero-order valence-electron chi connectivity index (χ0n) is 13.7. The molecular weight excluding hydrogens is 370 g/mol. The average molecular weight is 392 g/mol. The van der Waals surface area contributed by atoms with E-state index in [1.165, 1.54) is 0 Å². The van der Waals surface area contributed by atoms with Crippen LogP contribution >= 0.6 is 15.9 Å². The molecule has 0 aliphatic rings. The maximum atomic E-state index is 7.45. The molecule has 0 bridgehead atoms. The van der Waals surface area contributed by atoms with Gasteiger partial charge in [-0.15, -0.1) is 0 Å². The molecule has 0 fully saturated rings. The molecule has 3 N–H and O–H groups in total. The molecule has 6 heteroatoms. The Balaban J connectivity index is 1.79. The largest absolute Gasteiger partial charge is 0.493 e. The molecular formula is C18H22BrN3O2. The van der Waals surface area contributed by atoms with Gasteiger partial charge in [-0.05, 0) is 35.9 Å². The van der Waals surface area contributed by atoms with Crippen molar-refractivity contribution in [1.82, 2.24) is 4.90 Å². The molecule has 0 spiro atoms. The molecule has 0 saturated heterocycles. The van der Waals surface area contributed by atoms with E-state index in [2.05, 4.69) is 15.9 Å². The highest BCUT2D eigenvalue weighted by atomic mass is 79.9. The van der Waals surface area contributed by atoms with Gasteiger partial charge in [-0.3, -0.25) is 5.41 Å². The van der Waals surface area contributed by atoms with Gasteiger partial charge in [0.05, 0.1) is 13.2 Å². The summed E-state index contributed by atoms with van der Waals surface area (Å²) in [5, 5.41) is 7.45. The third kappa shape index (κ3) is 5.77. The lowest BCUT2D eigenvalue weighted by Crippen LogP contribution is -2.32. The summed E-state index contributed by atoms with van der Waals surface area (Å²) in [6.07, 6.45) is 0.799. The standard InChI is InChI=1S/C18H22BrN3O2/c1-22(18(20)21)13-14-12-16(8-9-17(14)19)24-11-5-10-23-15-6-3-2-4-7-15/h2-4,6-9,12H,5,10-11,13H2,1H3,(H3,20,21). The Hall–Kier alpha value is -2.21. The second kappa shape index (κ2) is 9.17. The molecule has 0 saturated carbocycles. The summed E-state index contributed by atoms with van der Waals surface area (Å²) >= 11 is 3.51. The Morgan fingerprint density at radius 2 is 1.75 bits per heavy atom. The van der Waals surface area contributed by atoms with E-state index in [9.17, 15) is 0 Å². The van der Waals surface area contributed by atoms with Gasteiger partial charge in [-0.1, -0.05) is 34.1 Å². The van der Waals surface area contributed by atoms with Gasteiger partial charge in [0.2, 0.25) is 0 Å². The molecule has 0 unspecified atom stereocenters. The van der Waals surface area contributed by atoms with Crippen molar-refractivity contribution in [2.75, 3.05) is 20.3 Å². The molecule has 0 radical (unpaired) electrons. The van der Waals surface area contributed by atoms with Crippen LogP contribution in [0.25, 0.3) is 0 Å². The lowest BCUT2D eigenvalue weighted by molar-refractivity contribution is 0.247. The lowest BCUT2D eigenvalue weighted by atomic mass is 10.2. The van der Waals surface area contributed by atoms with Crippen molar-refractivity contribution in [3.63, 3.8) is 0 Å². The van der Waals surface area contributed by atoms with E-state index in [0.717, 1.165) is 28.0 Å². The molecule has 5 nitrogen and oxygen atoms in total. The fourth-order valence-corrected chi connectivity index (χ4v) is 2.43. The molecule has 128 valence electrons. The first-order chi connectivity index (χ1) is 11.6. The minimum atomic E-state index is 0.0336. The first kappa shape index (κ1) is 18.1. The topological polar surface area (TPSA) is 71.6 Å². The predicted molar refractivity (Wildman–Crippen MR) is 99.6 cm³/mol. The summed E-state index contributed by atoms with van der Waals surface area (Å²) in [5.41, 5.74) is 6.50. The number of para-hydroxylation sites is 1. The summed E-state index contributed by atoms with van der Waals surface area (Å²) in [7, 11) is 1.78. The average Bonchev–Trinajstić information content (AvgIpc) is 2.58. The fraction of sp³-hybridized carbons (Fsp3) is 0.278. The van der Waals surface area contributed by atoms with Crippen molar-refractivity contribution >= 4 is 21.9 Å². The number of hydrogen-bond donors (Lipinski definition) is 2. The fourth-order valence-electron chi connectivity index (χ4n) is 2.06. The molecule has 2 rings (SSSR count). The van der Waals surface area contributed by atoms with Gasteiger partial charge >= 0.3 is 0 Å². The monoisotopic (exact) mass is 391 g/mol. The van der Waals surface area contributed by atoms with Crippen LogP contribution in [0.3, 0.4) is 0 Å². The summed E-state index contributed by atoms with van der Waals surface area (Å²) in [5.74, 6) is 1.70. The Kier molecular flexibility index (Phi) is 6.93. The Morgan fingerprint density at radius 1 is 1.08 bits per heavy atom. The molecule has 0 amide bonds. The number of nitrogens with one attached hydrogen (secondary N) is 1. The summed E-state index contributed by atoms with van der Waals surface area (Å²) in [6, 6.07) is 15.6. The number of benzene rings is 2. The number of rotatable bonds is 8. The Labute approximate surface area is 151 Å². The van der Waals surface area contributed by atoms with Gasteiger partial charge in [0.25, 0.3) is 0 Å². The first-order valence-corrected chi connectivity index (χ1v) is 8.50. The van der Waals surface area contributed by atoms with Crippen LogP contribution in [0.5, 0.6) is 11.5 Å². The van der Waals surface area contributed by atoms with E-state index < -0.39 is 0 Å². The number of nitrogens with two attached hydrogens (primary N) is 1. The normalized spacial score (nSPS) is 10.2. The number of hydrogen-bond acceptors (Lipinski definition) is 3. The van der Waals surface area contributed by atoms with Crippen LogP contribution < -0.4 is 15.2 Å². The van der Waals surface area contributed by atoms with E-state index in [1.54, 1.807) is 11.9 Å². The van der Waals surface area contributed by atoms with Crippen LogP contribution in [0.4, 0.5) is 0 Å². The number of ether oxygens (including phenoxy) is 2. The number of halogens is 1. The second-order valence-electron chi connectivity index (χ2n) is 5.36. The molecule has 0 aromatic heterocycles. The van der Waals surface area contributed by atoms with E-state index in [1.807, 2.05) is 48.5 Å². The van der Waals surface area contributed by atoms with Gasteiger partial charge in [0.15, 0.2) is 5.96 Å². The van der Waals surface area contributed by atoms with Crippen molar-refractivity contribution in [3.05, 3.63) is 58.6 Å². The zero-order chi connectivity index (χ0) is 17.4. The maximum absolute atomic E-state index is 7.45. The van der Waals surface area contributed by atoms with Crippen LogP contribution in [-0.4, -0.2) is 31.1 Å². The second-order valence-corrected chi connectivity index (χ2v) is 6.21.